The minimum absolute atomic E-state index is 0. The first-order valence-electron chi connectivity index (χ1n) is 10.3. The molecule has 4 N–H and O–H groups in total. The molecule has 1 saturated carbocycles. The Morgan fingerprint density at radius 2 is 1.86 bits per heavy atom. The van der Waals surface area contributed by atoms with Crippen molar-refractivity contribution in [2.24, 2.45) is 29.4 Å². The molecular weight excluding hydrogens is 409 g/mol. The van der Waals surface area contributed by atoms with E-state index in [0.717, 1.165) is 18.4 Å². The van der Waals surface area contributed by atoms with E-state index in [1.165, 1.54) is 6.42 Å². The van der Waals surface area contributed by atoms with Crippen LogP contribution in [0.2, 0.25) is 5.02 Å². The van der Waals surface area contributed by atoms with Crippen molar-refractivity contribution >= 4 is 35.8 Å². The molecule has 0 unspecified atom stereocenters. The van der Waals surface area contributed by atoms with Crippen molar-refractivity contribution in [1.82, 2.24) is 10.6 Å². The third-order valence-electron chi connectivity index (χ3n) is 5.85. The Hall–Kier alpha value is -1.30. The second-order valence-electron chi connectivity index (χ2n) is 8.55. The Balaban J connectivity index is 0.00000420. The van der Waals surface area contributed by atoms with E-state index in [1.54, 1.807) is 13.0 Å². The van der Waals surface area contributed by atoms with Gasteiger partial charge in [-0.3, -0.25) is 9.59 Å². The monoisotopic (exact) mass is 443 g/mol. The van der Waals surface area contributed by atoms with Gasteiger partial charge in [0.25, 0.3) is 0 Å². The van der Waals surface area contributed by atoms with Gasteiger partial charge in [-0.05, 0) is 49.1 Å². The van der Waals surface area contributed by atoms with E-state index in [-0.39, 0.29) is 36.7 Å². The van der Waals surface area contributed by atoms with Gasteiger partial charge in [0.2, 0.25) is 11.8 Å². The van der Waals surface area contributed by atoms with E-state index in [9.17, 15) is 9.59 Å². The molecule has 5 atom stereocenters. The van der Waals surface area contributed by atoms with Gasteiger partial charge in [0.1, 0.15) is 0 Å². The number of carbonyl (C=O) groups excluding carboxylic acids is 2. The molecule has 1 aromatic rings. The lowest BCUT2D eigenvalue weighted by Crippen LogP contribution is -2.46. The molecule has 7 heteroatoms. The fourth-order valence-corrected chi connectivity index (χ4v) is 4.40. The van der Waals surface area contributed by atoms with Crippen LogP contribution in [0.15, 0.2) is 24.3 Å². The molecule has 0 radical (unpaired) electrons. The molecule has 0 spiro atoms. The number of hydrogen-bond donors (Lipinski definition) is 3. The van der Waals surface area contributed by atoms with Gasteiger partial charge >= 0.3 is 0 Å². The molecule has 1 aromatic carbocycles. The highest BCUT2D eigenvalue weighted by Gasteiger charge is 2.35. The lowest BCUT2D eigenvalue weighted by atomic mass is 9.70. The lowest BCUT2D eigenvalue weighted by molar-refractivity contribution is -0.130. The average Bonchev–Trinajstić information content (AvgIpc) is 2.64. The molecule has 0 saturated heterocycles. The molecule has 0 aliphatic heterocycles. The van der Waals surface area contributed by atoms with E-state index in [0.29, 0.717) is 22.8 Å². The third-order valence-corrected chi connectivity index (χ3v) is 6.19. The van der Waals surface area contributed by atoms with E-state index in [1.807, 2.05) is 18.2 Å². The number of rotatable bonds is 7. The van der Waals surface area contributed by atoms with Crippen LogP contribution in [-0.4, -0.2) is 24.4 Å². The van der Waals surface area contributed by atoms with Crippen molar-refractivity contribution in [2.45, 2.75) is 59.0 Å². The molecule has 1 aliphatic carbocycles. The van der Waals surface area contributed by atoms with Crippen LogP contribution in [0.3, 0.4) is 0 Å². The summed E-state index contributed by atoms with van der Waals surface area (Å²) >= 11 is 6.33. The molecule has 2 rings (SSSR count). The first kappa shape index (κ1) is 25.7. The summed E-state index contributed by atoms with van der Waals surface area (Å²) in [6, 6.07) is 6.29. The Morgan fingerprint density at radius 1 is 1.21 bits per heavy atom. The molecule has 1 fully saturated rings. The molecule has 1 aliphatic rings. The van der Waals surface area contributed by atoms with Gasteiger partial charge in [-0.25, -0.2) is 0 Å². The zero-order chi connectivity index (χ0) is 20.8. The van der Waals surface area contributed by atoms with E-state index in [2.05, 4.69) is 31.4 Å². The maximum absolute atomic E-state index is 13.0. The number of carbonyl (C=O) groups is 2. The zero-order valence-electron chi connectivity index (χ0n) is 17.8. The van der Waals surface area contributed by atoms with Crippen molar-refractivity contribution in [2.75, 3.05) is 6.54 Å². The summed E-state index contributed by atoms with van der Waals surface area (Å²) in [4.78, 5) is 25.2. The highest BCUT2D eigenvalue weighted by Crippen LogP contribution is 2.38. The standard InChI is InChI=1S/C22H34ClN3O2.ClH/c1-13(2)16-10-9-14(3)11-18(16)22(28)25-12-20(26-21(27)15(4)24)17-7-5-6-8-19(17)23;/h5-8,13-16,18,20H,9-12,24H2,1-4H3,(H,25,28)(H,26,27);1H/t14-,15-,16+,18-,20-;/m1./s1. The van der Waals surface area contributed by atoms with E-state index < -0.39 is 12.1 Å². The van der Waals surface area contributed by atoms with Crippen molar-refractivity contribution < 1.29 is 9.59 Å². The Kier molecular flexibility index (Phi) is 10.4. The minimum Gasteiger partial charge on any atom is -0.353 e. The van der Waals surface area contributed by atoms with Crippen LogP contribution in [0.4, 0.5) is 0 Å². The normalized spacial score (nSPS) is 23.6. The van der Waals surface area contributed by atoms with Gasteiger partial charge in [0.15, 0.2) is 0 Å². The topological polar surface area (TPSA) is 84.2 Å². The highest BCUT2D eigenvalue weighted by molar-refractivity contribution is 6.31. The van der Waals surface area contributed by atoms with Crippen LogP contribution in [0.1, 0.15) is 58.6 Å². The number of halogens is 2. The number of benzene rings is 1. The van der Waals surface area contributed by atoms with Gasteiger partial charge in [-0.15, -0.1) is 12.4 Å². The Bertz CT molecular complexity index is 682. The fraction of sp³-hybridized carbons (Fsp3) is 0.636. The maximum Gasteiger partial charge on any atom is 0.237 e. The summed E-state index contributed by atoms with van der Waals surface area (Å²) in [5.74, 6) is 1.24. The smallest absolute Gasteiger partial charge is 0.237 e. The zero-order valence-corrected chi connectivity index (χ0v) is 19.4. The number of nitrogens with two attached hydrogens (primary N) is 1. The minimum atomic E-state index is -0.634. The second-order valence-corrected chi connectivity index (χ2v) is 8.96. The lowest BCUT2D eigenvalue weighted by Gasteiger charge is -2.36. The van der Waals surface area contributed by atoms with Crippen LogP contribution in [0.25, 0.3) is 0 Å². The number of nitrogens with one attached hydrogen (secondary N) is 2. The molecular formula is C22H35Cl2N3O2. The van der Waals surface area contributed by atoms with Crippen LogP contribution in [0.5, 0.6) is 0 Å². The molecule has 2 amide bonds. The molecule has 0 bridgehead atoms. The predicted octanol–water partition coefficient (Wildman–Crippen LogP) is 4.09. The van der Waals surface area contributed by atoms with Crippen LogP contribution in [-0.2, 0) is 9.59 Å². The number of hydrogen-bond acceptors (Lipinski definition) is 3. The first-order valence-corrected chi connectivity index (χ1v) is 10.7. The summed E-state index contributed by atoms with van der Waals surface area (Å²) in [7, 11) is 0. The van der Waals surface area contributed by atoms with Crippen molar-refractivity contribution in [3.63, 3.8) is 0 Å². The molecule has 29 heavy (non-hydrogen) atoms. The van der Waals surface area contributed by atoms with Crippen LogP contribution >= 0.6 is 24.0 Å². The van der Waals surface area contributed by atoms with Crippen molar-refractivity contribution in [1.29, 1.82) is 0 Å². The first-order chi connectivity index (χ1) is 13.2. The molecule has 5 nitrogen and oxygen atoms in total. The average molecular weight is 444 g/mol. The van der Waals surface area contributed by atoms with Crippen molar-refractivity contribution in [3.05, 3.63) is 34.9 Å². The largest absolute Gasteiger partial charge is 0.353 e. The van der Waals surface area contributed by atoms with Gasteiger partial charge in [-0.2, -0.15) is 0 Å². The molecule has 0 heterocycles. The summed E-state index contributed by atoms with van der Waals surface area (Å²) in [6.07, 6.45) is 3.18. The number of amides is 2. The van der Waals surface area contributed by atoms with Gasteiger partial charge in [0, 0.05) is 17.5 Å². The second kappa shape index (κ2) is 11.8. The Morgan fingerprint density at radius 3 is 2.45 bits per heavy atom. The van der Waals surface area contributed by atoms with Gasteiger partial charge in [-0.1, -0.05) is 57.0 Å². The maximum atomic E-state index is 13.0. The SMILES string of the molecule is CC(C)[C@@H]1CC[C@@H](C)C[C@H]1C(=O)NC[C@@H](NC(=O)[C@@H](C)N)c1ccccc1Cl.Cl. The molecule has 0 aromatic heterocycles. The molecule has 164 valence electrons. The fourth-order valence-electron chi connectivity index (χ4n) is 4.14. The third kappa shape index (κ3) is 7.16. The summed E-state index contributed by atoms with van der Waals surface area (Å²) in [5.41, 5.74) is 6.48. The summed E-state index contributed by atoms with van der Waals surface area (Å²) in [5, 5.41) is 6.54. The predicted molar refractivity (Wildman–Crippen MR) is 121 cm³/mol. The van der Waals surface area contributed by atoms with Crippen LogP contribution < -0.4 is 16.4 Å². The van der Waals surface area contributed by atoms with Gasteiger partial charge < -0.3 is 16.4 Å². The summed E-state index contributed by atoms with van der Waals surface area (Å²) < 4.78 is 0. The van der Waals surface area contributed by atoms with E-state index in [4.69, 9.17) is 17.3 Å². The van der Waals surface area contributed by atoms with Gasteiger partial charge in [0.05, 0.1) is 12.1 Å². The van der Waals surface area contributed by atoms with Crippen molar-refractivity contribution in [3.8, 4) is 0 Å². The quantitative estimate of drug-likeness (QED) is 0.592. The van der Waals surface area contributed by atoms with E-state index >= 15 is 0 Å². The van der Waals surface area contributed by atoms with Crippen LogP contribution in [0, 0.1) is 23.7 Å². The Labute approximate surface area is 185 Å². The highest BCUT2D eigenvalue weighted by atomic mass is 35.5. The summed E-state index contributed by atoms with van der Waals surface area (Å²) in [6.45, 7) is 8.52.